The lowest BCUT2D eigenvalue weighted by molar-refractivity contribution is -0.379. The van der Waals surface area contributed by atoms with Crippen LogP contribution in [0, 0.1) is 23.7 Å². The molecule has 0 bridgehead atoms. The molecule has 534 valence electrons. The SMILES string of the molecule is O=C(C=CC1CCC(O)C(O)C1)OC[C@@H]1O[C@H](OC2CC(O)C3CC(O[C@H]4O[C@@H](COC(=O)CC(=O)O[C@H](C(=O)O)[C@@H](O)C(=O)O)[C@H](O)[C@@H](O)[C@@H]4O[C@H]4O[C@@H](CO)[C@H](O)[C@@H](O)[C@@H]4OC(=O)C=CC4CCC(O)C(O)C4)C(C4CC(O)C(O)C(O)C4)OC3C2)[C@@H](O)[C@H](O)[C@H]1O. The number of ether oxygens (including phenoxy) is 11. The molecule has 8 rings (SSSR count). The van der Waals surface area contributed by atoms with Gasteiger partial charge in [0, 0.05) is 30.9 Å². The van der Waals surface area contributed by atoms with E-state index in [-0.39, 0.29) is 57.3 Å². The third kappa shape index (κ3) is 18.6. The van der Waals surface area contributed by atoms with Gasteiger partial charge in [-0.1, -0.05) is 12.2 Å². The molecule has 4 saturated heterocycles. The largest absolute Gasteiger partial charge is 0.479 e. The van der Waals surface area contributed by atoms with Crippen molar-refractivity contribution in [3.63, 3.8) is 0 Å². The smallest absolute Gasteiger partial charge is 0.348 e. The van der Waals surface area contributed by atoms with Crippen LogP contribution in [0.1, 0.15) is 77.0 Å². The summed E-state index contributed by atoms with van der Waals surface area (Å²) in [4.78, 5) is 74.6. The Balaban J connectivity index is 1.03. The van der Waals surface area contributed by atoms with Gasteiger partial charge >= 0.3 is 35.8 Å². The van der Waals surface area contributed by atoms with Gasteiger partial charge in [0.2, 0.25) is 6.10 Å². The molecule has 94 heavy (non-hydrogen) atoms. The zero-order chi connectivity index (χ0) is 68.7. The highest BCUT2D eigenvalue weighted by atomic mass is 16.8. The van der Waals surface area contributed by atoms with E-state index in [2.05, 4.69) is 4.74 Å². The Morgan fingerprint density at radius 2 is 1.01 bits per heavy atom. The van der Waals surface area contributed by atoms with E-state index in [1.165, 1.54) is 12.2 Å². The van der Waals surface area contributed by atoms with Crippen molar-refractivity contribution in [2.24, 2.45) is 23.7 Å². The number of carboxylic acid groups (broad SMARTS) is 2. The molecule has 8 aliphatic rings. The summed E-state index contributed by atoms with van der Waals surface area (Å²) in [6.07, 6.45) is -46.5. The molecule has 31 atom stereocenters. The molecule has 0 aromatic carbocycles. The molecular weight excluding hydrogens is 1270 g/mol. The fraction of sp³-hybridized carbons (Fsp3) is 0.828. The molecule has 8 fully saturated rings. The van der Waals surface area contributed by atoms with Crippen molar-refractivity contribution in [2.75, 3.05) is 19.8 Å². The minimum absolute atomic E-state index is 0.0586. The van der Waals surface area contributed by atoms with E-state index < -0.39 is 257 Å². The number of esters is 4. The zero-order valence-corrected chi connectivity index (χ0v) is 50.4. The molecule has 14 unspecified atom stereocenters. The highest BCUT2D eigenvalue weighted by Gasteiger charge is 2.57. The molecule has 0 radical (unpaired) electrons. The first kappa shape index (κ1) is 75.1. The van der Waals surface area contributed by atoms with E-state index in [1.54, 1.807) is 0 Å². The van der Waals surface area contributed by atoms with Gasteiger partial charge in [-0.2, -0.15) is 0 Å². The molecule has 0 amide bonds. The summed E-state index contributed by atoms with van der Waals surface area (Å²) in [5, 5.41) is 202. The summed E-state index contributed by atoms with van der Waals surface area (Å²) in [6.45, 7) is -2.77. The van der Waals surface area contributed by atoms with Gasteiger partial charge in [-0.25, -0.2) is 19.2 Å². The normalized spacial score (nSPS) is 44.4. The summed E-state index contributed by atoms with van der Waals surface area (Å²) >= 11 is 0. The van der Waals surface area contributed by atoms with Gasteiger partial charge in [0.25, 0.3) is 0 Å². The fourth-order valence-corrected chi connectivity index (χ4v) is 13.2. The lowest BCUT2D eigenvalue weighted by Crippen LogP contribution is -2.66. The van der Waals surface area contributed by atoms with Crippen LogP contribution in [0.2, 0.25) is 0 Å². The molecule has 0 aromatic heterocycles. The highest BCUT2D eigenvalue weighted by molar-refractivity contribution is 5.93. The third-order valence-corrected chi connectivity index (χ3v) is 18.6. The maximum Gasteiger partial charge on any atom is 0.348 e. The minimum Gasteiger partial charge on any atom is -0.479 e. The first-order valence-corrected chi connectivity index (χ1v) is 31.1. The Bertz CT molecular complexity index is 2580. The number of allylic oxidation sites excluding steroid dienone is 2. The Morgan fingerprint density at radius 3 is 1.60 bits per heavy atom. The summed E-state index contributed by atoms with van der Waals surface area (Å²) in [6, 6.07) is 0. The summed E-state index contributed by atoms with van der Waals surface area (Å²) < 4.78 is 63.8. The van der Waals surface area contributed by atoms with Gasteiger partial charge in [0.1, 0.15) is 92.9 Å². The average molecular weight is 1360 g/mol. The first-order valence-electron chi connectivity index (χ1n) is 31.1. The molecule has 4 heterocycles. The number of carbonyl (C=O) groups is 6. The van der Waals surface area contributed by atoms with Gasteiger partial charge in [0.15, 0.2) is 31.1 Å². The number of hydrogen-bond acceptors (Lipinski definition) is 34. The lowest BCUT2D eigenvalue weighted by Gasteiger charge is -2.52. The number of aliphatic carboxylic acids is 2. The van der Waals surface area contributed by atoms with Gasteiger partial charge in [-0.3, -0.25) is 9.59 Å². The van der Waals surface area contributed by atoms with Crippen molar-refractivity contribution in [1.82, 2.24) is 0 Å². The molecule has 36 nitrogen and oxygen atoms in total. The molecule has 0 aromatic rings. The van der Waals surface area contributed by atoms with Crippen molar-refractivity contribution < 1.29 is 178 Å². The zero-order valence-electron chi connectivity index (χ0n) is 50.4. The number of hydrogen-bond donors (Lipinski definition) is 19. The molecule has 4 aliphatic carbocycles. The van der Waals surface area contributed by atoms with Crippen LogP contribution in [0.4, 0.5) is 0 Å². The van der Waals surface area contributed by atoms with E-state index in [0.29, 0.717) is 19.3 Å². The second kappa shape index (κ2) is 33.3. The fourth-order valence-electron chi connectivity index (χ4n) is 13.2. The maximum absolute atomic E-state index is 13.4. The molecule has 36 heteroatoms. The Kier molecular flexibility index (Phi) is 26.6. The molecular formula is C58H86O36. The molecule has 4 aliphatic heterocycles. The summed E-state index contributed by atoms with van der Waals surface area (Å²) in [5.74, 6) is -12.1. The number of aliphatic hydroxyl groups is 17. The van der Waals surface area contributed by atoms with Crippen LogP contribution in [0.15, 0.2) is 24.3 Å². The number of carbonyl (C=O) groups excluding carboxylic acids is 4. The Labute approximate surface area is 534 Å². The molecule has 19 N–H and O–H groups in total. The van der Waals surface area contributed by atoms with Crippen LogP contribution in [0.5, 0.6) is 0 Å². The maximum atomic E-state index is 13.4. The van der Waals surface area contributed by atoms with Crippen LogP contribution in [0.25, 0.3) is 0 Å². The van der Waals surface area contributed by atoms with Gasteiger partial charge < -0.3 is 149 Å². The number of carboxylic acids is 2. The number of fused-ring (bicyclic) bond motifs is 1. The standard InChI is InChI=1S/C58H86O36/c59-17-34-42(72)46(76)52(92-38(68)8-4-21-2-6-26(61)29(64)10-21)58(89-34)94-53-47(77)44(74)36(19-85-39(69)16-40(70)93-51(55(82)83)49(79)54(80)81)91-57(53)88-33-15-24-27(62)13-23(14-32(24)87-50(33)22-11-30(65)41(71)31(66)12-22)86-56-48(78)45(75)43(73)35(90-56)18-84-37(67)7-3-20-1-5-25(60)28(63)9-20/h3-4,7-8,20-36,41-53,56-66,71-79H,1-2,5-6,9-19H2,(H,80,81)(H,82,83)/t20?,21?,22?,23?,24?,25?,26?,27?,28?,29?,30?,31?,32?,33?,34-,35-,36-,41?,42-,43-,44-,45+,46+,47+,48-,49+,50?,51-,52-,53-,56-,57-,58+/m0/s1. The van der Waals surface area contributed by atoms with Crippen molar-refractivity contribution in [1.29, 1.82) is 0 Å². The minimum atomic E-state index is -2.77. The average Bonchev–Trinajstić information content (AvgIpc) is 0.767. The van der Waals surface area contributed by atoms with Gasteiger partial charge in [0.05, 0.1) is 73.8 Å². The first-order chi connectivity index (χ1) is 44.4. The molecule has 4 saturated carbocycles. The number of aliphatic hydroxyl groups excluding tert-OH is 17. The quantitative estimate of drug-likeness (QED) is 0.0195. The van der Waals surface area contributed by atoms with E-state index in [0.717, 1.165) is 12.2 Å². The highest BCUT2D eigenvalue weighted by Crippen LogP contribution is 2.45. The Hall–Kier alpha value is -4.66. The second-order valence-corrected chi connectivity index (χ2v) is 25.3. The van der Waals surface area contributed by atoms with E-state index in [4.69, 9.17) is 52.5 Å². The van der Waals surface area contributed by atoms with Crippen LogP contribution < -0.4 is 0 Å². The third-order valence-electron chi connectivity index (χ3n) is 18.6. The second-order valence-electron chi connectivity index (χ2n) is 25.3. The predicted molar refractivity (Wildman–Crippen MR) is 297 cm³/mol. The van der Waals surface area contributed by atoms with E-state index >= 15 is 0 Å². The van der Waals surface area contributed by atoms with Crippen molar-refractivity contribution in [3.05, 3.63) is 24.3 Å². The monoisotopic (exact) mass is 1360 g/mol. The predicted octanol–water partition coefficient (Wildman–Crippen LogP) is -8.76. The summed E-state index contributed by atoms with van der Waals surface area (Å²) in [7, 11) is 0. The van der Waals surface area contributed by atoms with Crippen molar-refractivity contribution >= 4 is 35.8 Å². The molecule has 0 spiro atoms. The van der Waals surface area contributed by atoms with Crippen LogP contribution in [-0.2, 0) is 80.9 Å². The Morgan fingerprint density at radius 1 is 0.468 bits per heavy atom. The van der Waals surface area contributed by atoms with Crippen LogP contribution in [-0.4, -0.2) is 330 Å². The number of rotatable bonds is 23. The van der Waals surface area contributed by atoms with Crippen molar-refractivity contribution in [2.45, 2.75) is 255 Å². The van der Waals surface area contributed by atoms with Crippen LogP contribution in [0.3, 0.4) is 0 Å². The topological polar surface area (TPSA) is 588 Å². The summed E-state index contributed by atoms with van der Waals surface area (Å²) in [5.41, 5.74) is 0. The lowest BCUT2D eigenvalue weighted by atomic mass is 9.72. The van der Waals surface area contributed by atoms with Gasteiger partial charge in [-0.05, 0) is 75.5 Å². The van der Waals surface area contributed by atoms with E-state index in [1.807, 2.05) is 0 Å². The van der Waals surface area contributed by atoms with Gasteiger partial charge in [-0.15, -0.1) is 0 Å². The van der Waals surface area contributed by atoms with Crippen molar-refractivity contribution in [3.8, 4) is 0 Å². The van der Waals surface area contributed by atoms with E-state index in [9.17, 15) is 121 Å². The van der Waals surface area contributed by atoms with Crippen LogP contribution >= 0.6 is 0 Å².